The van der Waals surface area contributed by atoms with Crippen molar-refractivity contribution in [2.24, 2.45) is 0 Å². The molecule has 0 aliphatic carbocycles. The van der Waals surface area contributed by atoms with Crippen LogP contribution in [0.4, 0.5) is 0 Å². The number of aliphatic hydroxyl groups is 1. The second-order valence-corrected chi connectivity index (χ2v) is 2.83. The molecule has 2 rings (SSSR count). The Hall–Kier alpha value is -0.120. The largest absolute Gasteiger partial charge is 0.396 e. The summed E-state index contributed by atoms with van der Waals surface area (Å²) in [6.07, 6.45) is 2.62. The van der Waals surface area contributed by atoms with Gasteiger partial charge in [-0.1, -0.05) is 13.3 Å². The maximum Gasteiger partial charge on any atom is 0.0781 e. The van der Waals surface area contributed by atoms with Gasteiger partial charge in [0.05, 0.1) is 25.9 Å². The van der Waals surface area contributed by atoms with Gasteiger partial charge in [0.1, 0.15) is 0 Å². The smallest absolute Gasteiger partial charge is 0.0781 e. The average Bonchev–Trinajstić information content (AvgIpc) is 2.86. The molecule has 0 amide bonds. The summed E-state index contributed by atoms with van der Waals surface area (Å²) in [7, 11) is 0. The lowest BCUT2D eigenvalue weighted by Gasteiger charge is -1.79. The third-order valence-electron chi connectivity index (χ3n) is 1.22. The van der Waals surface area contributed by atoms with E-state index in [1.165, 1.54) is 0 Å². The van der Waals surface area contributed by atoms with Crippen molar-refractivity contribution in [3.63, 3.8) is 0 Å². The molecular formula is C9H20O3. The van der Waals surface area contributed by atoms with E-state index in [1.807, 2.05) is 0 Å². The summed E-state index contributed by atoms with van der Waals surface area (Å²) in [5, 5.41) is 8.07. The molecule has 0 aromatic rings. The van der Waals surface area contributed by atoms with Crippen LogP contribution < -0.4 is 0 Å². The Bertz CT molecular complexity index is 75.1. The van der Waals surface area contributed by atoms with Crippen molar-refractivity contribution in [1.29, 1.82) is 0 Å². The summed E-state index contributed by atoms with van der Waals surface area (Å²) in [5.74, 6) is 0. The van der Waals surface area contributed by atoms with Crippen molar-refractivity contribution in [1.82, 2.24) is 0 Å². The molecule has 0 aromatic carbocycles. The van der Waals surface area contributed by atoms with Crippen LogP contribution in [0.5, 0.6) is 0 Å². The van der Waals surface area contributed by atoms with Crippen LogP contribution in [0.15, 0.2) is 0 Å². The number of rotatable bonds is 2. The first-order valence-electron chi connectivity index (χ1n) is 4.61. The number of aliphatic hydroxyl groups excluding tert-OH is 1. The number of ether oxygens (including phenoxy) is 2. The van der Waals surface area contributed by atoms with Gasteiger partial charge in [-0.2, -0.15) is 0 Å². The SMILES string of the molecule is C1CO1.CC1CO1.CCCCO. The summed E-state index contributed by atoms with van der Waals surface area (Å²) in [5.41, 5.74) is 0. The predicted molar refractivity (Wildman–Crippen MR) is 48.2 cm³/mol. The highest BCUT2D eigenvalue weighted by Gasteiger charge is 2.13. The molecule has 1 unspecified atom stereocenters. The molecule has 2 fully saturated rings. The van der Waals surface area contributed by atoms with E-state index < -0.39 is 0 Å². The fraction of sp³-hybridized carbons (Fsp3) is 1.00. The van der Waals surface area contributed by atoms with E-state index >= 15 is 0 Å². The fourth-order valence-electron chi connectivity index (χ4n) is 0.254. The lowest BCUT2D eigenvalue weighted by Crippen LogP contribution is -1.75. The lowest BCUT2D eigenvalue weighted by molar-refractivity contribution is 0.287. The molecular weight excluding hydrogens is 156 g/mol. The van der Waals surface area contributed by atoms with Crippen LogP contribution in [0.3, 0.4) is 0 Å². The molecule has 2 aliphatic heterocycles. The first-order valence-corrected chi connectivity index (χ1v) is 4.61. The van der Waals surface area contributed by atoms with Crippen molar-refractivity contribution >= 4 is 0 Å². The summed E-state index contributed by atoms with van der Waals surface area (Å²) in [6.45, 7) is 7.44. The minimum Gasteiger partial charge on any atom is -0.396 e. The number of unbranched alkanes of at least 4 members (excludes halogenated alkanes) is 1. The van der Waals surface area contributed by atoms with Crippen LogP contribution in [0.2, 0.25) is 0 Å². The van der Waals surface area contributed by atoms with Gasteiger partial charge in [0, 0.05) is 6.61 Å². The van der Waals surface area contributed by atoms with E-state index in [1.54, 1.807) is 0 Å². The first kappa shape index (κ1) is 11.9. The predicted octanol–water partition coefficient (Wildman–Crippen LogP) is 1.20. The average molecular weight is 176 g/mol. The minimum atomic E-state index is 0.344. The minimum absolute atomic E-state index is 0.344. The zero-order valence-electron chi connectivity index (χ0n) is 8.08. The molecule has 74 valence electrons. The maximum absolute atomic E-state index is 8.07. The molecule has 0 aromatic heterocycles. The molecule has 0 spiro atoms. The van der Waals surface area contributed by atoms with E-state index in [0.717, 1.165) is 32.7 Å². The molecule has 2 saturated heterocycles. The van der Waals surface area contributed by atoms with Gasteiger partial charge in [-0.15, -0.1) is 0 Å². The van der Waals surface area contributed by atoms with Crippen LogP contribution in [-0.2, 0) is 9.47 Å². The van der Waals surface area contributed by atoms with Crippen LogP contribution in [0, 0.1) is 0 Å². The third-order valence-corrected chi connectivity index (χ3v) is 1.22. The second-order valence-electron chi connectivity index (χ2n) is 2.83. The van der Waals surface area contributed by atoms with Crippen LogP contribution in [0.1, 0.15) is 26.7 Å². The Labute approximate surface area is 74.7 Å². The molecule has 1 N–H and O–H groups in total. The Kier molecular flexibility index (Phi) is 8.88. The summed E-state index contributed by atoms with van der Waals surface area (Å²) < 4.78 is 9.21. The Balaban J connectivity index is 0.000000155. The molecule has 0 saturated carbocycles. The molecule has 3 heteroatoms. The monoisotopic (exact) mass is 176 g/mol. The molecule has 12 heavy (non-hydrogen) atoms. The number of hydrogen-bond donors (Lipinski definition) is 1. The van der Waals surface area contributed by atoms with Crippen molar-refractivity contribution in [3.8, 4) is 0 Å². The van der Waals surface area contributed by atoms with Gasteiger partial charge in [-0.3, -0.25) is 0 Å². The fourth-order valence-corrected chi connectivity index (χ4v) is 0.254. The van der Waals surface area contributed by atoms with Crippen molar-refractivity contribution in [2.45, 2.75) is 32.8 Å². The highest BCUT2D eigenvalue weighted by atomic mass is 16.6. The summed E-state index contributed by atoms with van der Waals surface area (Å²) >= 11 is 0. The van der Waals surface area contributed by atoms with Gasteiger partial charge < -0.3 is 14.6 Å². The molecule has 0 radical (unpaired) electrons. The first-order chi connectivity index (χ1) is 5.81. The van der Waals surface area contributed by atoms with E-state index in [-0.39, 0.29) is 0 Å². The van der Waals surface area contributed by atoms with Crippen LogP contribution in [-0.4, -0.2) is 37.6 Å². The van der Waals surface area contributed by atoms with Gasteiger partial charge >= 0.3 is 0 Å². The summed E-state index contributed by atoms with van der Waals surface area (Å²) in [6, 6.07) is 0. The van der Waals surface area contributed by atoms with E-state index in [0.29, 0.717) is 12.7 Å². The molecule has 1 atom stereocenters. The van der Waals surface area contributed by atoms with E-state index in [9.17, 15) is 0 Å². The highest BCUT2D eigenvalue weighted by molar-refractivity contribution is 4.58. The second kappa shape index (κ2) is 8.97. The Morgan fingerprint density at radius 2 is 1.83 bits per heavy atom. The topological polar surface area (TPSA) is 45.3 Å². The van der Waals surface area contributed by atoms with Gasteiger partial charge in [0.15, 0.2) is 0 Å². The van der Waals surface area contributed by atoms with Gasteiger partial charge in [-0.25, -0.2) is 0 Å². The standard InChI is InChI=1S/C4H10O.C3H6O.C2H4O/c1-2-3-4-5;1-3-2-4-3;1-2-3-1/h5H,2-4H2,1H3;3H,2H2,1H3;1-2H2. The highest BCUT2D eigenvalue weighted by Crippen LogP contribution is 2.04. The van der Waals surface area contributed by atoms with Crippen molar-refractivity contribution < 1.29 is 14.6 Å². The van der Waals surface area contributed by atoms with Crippen molar-refractivity contribution in [2.75, 3.05) is 26.4 Å². The maximum atomic E-state index is 8.07. The normalized spacial score (nSPS) is 22.8. The Morgan fingerprint density at radius 1 is 1.42 bits per heavy atom. The summed E-state index contributed by atoms with van der Waals surface area (Å²) in [4.78, 5) is 0. The van der Waals surface area contributed by atoms with Gasteiger partial charge in [0.2, 0.25) is 0 Å². The third kappa shape index (κ3) is 22.5. The van der Waals surface area contributed by atoms with Gasteiger partial charge in [0.25, 0.3) is 0 Å². The lowest BCUT2D eigenvalue weighted by atomic mass is 10.4. The number of hydrogen-bond acceptors (Lipinski definition) is 3. The number of epoxide rings is 2. The zero-order chi connectivity index (χ0) is 9.23. The van der Waals surface area contributed by atoms with Crippen LogP contribution in [0.25, 0.3) is 0 Å². The van der Waals surface area contributed by atoms with E-state index in [2.05, 4.69) is 18.6 Å². The zero-order valence-corrected chi connectivity index (χ0v) is 8.08. The molecule has 2 heterocycles. The van der Waals surface area contributed by atoms with E-state index in [4.69, 9.17) is 9.84 Å². The molecule has 2 aliphatic rings. The molecule has 3 nitrogen and oxygen atoms in total. The molecule has 0 bridgehead atoms. The van der Waals surface area contributed by atoms with Crippen molar-refractivity contribution in [3.05, 3.63) is 0 Å². The van der Waals surface area contributed by atoms with Gasteiger partial charge in [-0.05, 0) is 13.3 Å². The Morgan fingerprint density at radius 3 is 1.83 bits per heavy atom. The quantitative estimate of drug-likeness (QED) is 0.643. The van der Waals surface area contributed by atoms with Crippen LogP contribution >= 0.6 is 0 Å².